The molecule has 5 heteroatoms. The van der Waals surface area contributed by atoms with E-state index in [9.17, 15) is 5.11 Å². The maximum Gasteiger partial charge on any atom is 0.231 e. The molecule has 4 rings (SSSR count). The van der Waals surface area contributed by atoms with Crippen LogP contribution in [0.4, 0.5) is 0 Å². The number of hydrogen-bond donors (Lipinski definition) is 1. The normalized spacial score (nSPS) is 24.6. The lowest BCUT2D eigenvalue weighted by Gasteiger charge is -2.36. The van der Waals surface area contributed by atoms with Gasteiger partial charge in [0.05, 0.1) is 6.10 Å². The van der Waals surface area contributed by atoms with E-state index in [0.717, 1.165) is 43.1 Å². The Morgan fingerprint density at radius 1 is 1.23 bits per heavy atom. The summed E-state index contributed by atoms with van der Waals surface area (Å²) in [7, 11) is 0. The van der Waals surface area contributed by atoms with Crippen molar-refractivity contribution in [1.29, 1.82) is 0 Å². The second kappa shape index (κ2) is 5.91. The Morgan fingerprint density at radius 2 is 2.14 bits per heavy atom. The van der Waals surface area contributed by atoms with E-state index in [-0.39, 0.29) is 12.0 Å². The SMILES string of the molecule is O[C@@H]1CN(Cc2ccsc2)CC[C@H]1c1ccc2c(c1)OCO2. The number of β-amino-alcohol motifs (C(OH)–C–C–N with tert-alkyl or cyclic N) is 1. The summed E-state index contributed by atoms with van der Waals surface area (Å²) in [5.41, 5.74) is 2.48. The Hall–Kier alpha value is -1.56. The first-order valence-corrected chi connectivity index (χ1v) is 8.55. The number of hydrogen-bond acceptors (Lipinski definition) is 5. The molecule has 0 radical (unpaired) electrons. The van der Waals surface area contributed by atoms with Crippen molar-refractivity contribution in [1.82, 2.24) is 4.90 Å². The third kappa shape index (κ3) is 2.72. The fraction of sp³-hybridized carbons (Fsp3) is 0.412. The van der Waals surface area contributed by atoms with E-state index in [1.807, 2.05) is 12.1 Å². The summed E-state index contributed by atoms with van der Waals surface area (Å²) in [5, 5.41) is 14.8. The van der Waals surface area contributed by atoms with E-state index >= 15 is 0 Å². The van der Waals surface area contributed by atoms with Crippen LogP contribution in [0, 0.1) is 0 Å². The molecule has 1 aromatic carbocycles. The Kier molecular flexibility index (Phi) is 3.78. The maximum atomic E-state index is 10.6. The second-order valence-electron chi connectivity index (χ2n) is 5.94. The van der Waals surface area contributed by atoms with Crippen LogP contribution in [0.2, 0.25) is 0 Å². The van der Waals surface area contributed by atoms with Crippen LogP contribution in [0.1, 0.15) is 23.5 Å². The van der Waals surface area contributed by atoms with Crippen LogP contribution < -0.4 is 9.47 Å². The zero-order valence-corrected chi connectivity index (χ0v) is 13.1. The van der Waals surface area contributed by atoms with Gasteiger partial charge < -0.3 is 14.6 Å². The number of fused-ring (bicyclic) bond motifs is 1. The summed E-state index contributed by atoms with van der Waals surface area (Å²) in [4.78, 5) is 2.33. The number of piperidine rings is 1. The smallest absolute Gasteiger partial charge is 0.231 e. The van der Waals surface area contributed by atoms with E-state index < -0.39 is 0 Å². The molecule has 0 spiro atoms. The molecule has 1 N–H and O–H groups in total. The van der Waals surface area contributed by atoms with Gasteiger partial charge in [-0.25, -0.2) is 0 Å². The molecule has 3 heterocycles. The maximum absolute atomic E-state index is 10.6. The molecule has 1 fully saturated rings. The first-order valence-electron chi connectivity index (χ1n) is 7.60. The summed E-state index contributed by atoms with van der Waals surface area (Å²) in [6.07, 6.45) is 0.623. The van der Waals surface area contributed by atoms with Crippen LogP contribution in [0.25, 0.3) is 0 Å². The van der Waals surface area contributed by atoms with Gasteiger partial charge in [-0.3, -0.25) is 4.90 Å². The molecular formula is C17H19NO3S. The molecule has 0 bridgehead atoms. The van der Waals surface area contributed by atoms with Crippen molar-refractivity contribution in [2.45, 2.75) is 25.0 Å². The number of aliphatic hydroxyl groups is 1. The first kappa shape index (κ1) is 14.1. The van der Waals surface area contributed by atoms with Crippen molar-refractivity contribution in [3.05, 3.63) is 46.2 Å². The van der Waals surface area contributed by atoms with Gasteiger partial charge in [0.15, 0.2) is 11.5 Å². The fourth-order valence-electron chi connectivity index (χ4n) is 3.31. The molecule has 1 saturated heterocycles. The minimum atomic E-state index is -0.340. The highest BCUT2D eigenvalue weighted by molar-refractivity contribution is 7.07. The highest BCUT2D eigenvalue weighted by Gasteiger charge is 2.30. The lowest BCUT2D eigenvalue weighted by atomic mass is 9.87. The molecule has 1 aromatic heterocycles. The van der Waals surface area contributed by atoms with E-state index in [0.29, 0.717) is 6.79 Å². The molecule has 22 heavy (non-hydrogen) atoms. The lowest BCUT2D eigenvalue weighted by molar-refractivity contribution is 0.0477. The topological polar surface area (TPSA) is 41.9 Å². The number of nitrogens with zero attached hydrogens (tertiary/aromatic N) is 1. The van der Waals surface area contributed by atoms with Crippen molar-refractivity contribution in [2.24, 2.45) is 0 Å². The molecular weight excluding hydrogens is 298 g/mol. The molecule has 4 nitrogen and oxygen atoms in total. The van der Waals surface area contributed by atoms with Gasteiger partial charge in [0.25, 0.3) is 0 Å². The average Bonchev–Trinajstić information content (AvgIpc) is 3.17. The van der Waals surface area contributed by atoms with Crippen LogP contribution in [0.3, 0.4) is 0 Å². The van der Waals surface area contributed by atoms with Gasteiger partial charge in [0.1, 0.15) is 0 Å². The van der Waals surface area contributed by atoms with Gasteiger partial charge >= 0.3 is 0 Å². The van der Waals surface area contributed by atoms with E-state index in [1.54, 1.807) is 11.3 Å². The van der Waals surface area contributed by atoms with Crippen LogP contribution in [0.15, 0.2) is 35.0 Å². The van der Waals surface area contributed by atoms with Crippen LogP contribution in [0.5, 0.6) is 11.5 Å². The highest BCUT2D eigenvalue weighted by Crippen LogP contribution is 2.37. The number of ether oxygens (including phenoxy) is 2. The molecule has 2 aliphatic heterocycles. The number of thiophene rings is 1. The number of aliphatic hydroxyl groups excluding tert-OH is 1. The number of likely N-dealkylation sites (tertiary alicyclic amines) is 1. The molecule has 0 unspecified atom stereocenters. The quantitative estimate of drug-likeness (QED) is 0.945. The van der Waals surface area contributed by atoms with E-state index in [2.05, 4.69) is 27.8 Å². The third-order valence-corrected chi connectivity index (χ3v) is 5.21. The van der Waals surface area contributed by atoms with Gasteiger partial charge in [-0.15, -0.1) is 0 Å². The molecule has 0 aliphatic carbocycles. The number of rotatable bonds is 3. The predicted molar refractivity (Wildman–Crippen MR) is 85.5 cm³/mol. The zero-order valence-electron chi connectivity index (χ0n) is 12.3. The molecule has 2 atom stereocenters. The van der Waals surface area contributed by atoms with Crippen LogP contribution >= 0.6 is 11.3 Å². The Bertz CT molecular complexity index is 643. The number of benzene rings is 1. The predicted octanol–water partition coefficient (Wildman–Crippen LogP) is 2.83. The van der Waals surface area contributed by atoms with Crippen molar-refractivity contribution >= 4 is 11.3 Å². The molecule has 116 valence electrons. The Morgan fingerprint density at radius 3 is 2.95 bits per heavy atom. The van der Waals surface area contributed by atoms with Crippen LogP contribution in [-0.4, -0.2) is 36.0 Å². The van der Waals surface area contributed by atoms with Crippen molar-refractivity contribution in [3.63, 3.8) is 0 Å². The lowest BCUT2D eigenvalue weighted by Crippen LogP contribution is -2.42. The monoisotopic (exact) mass is 317 g/mol. The summed E-state index contributed by atoms with van der Waals surface area (Å²) in [6.45, 7) is 2.94. The van der Waals surface area contributed by atoms with Gasteiger partial charge in [-0.05, 0) is 53.1 Å². The summed E-state index contributed by atoms with van der Waals surface area (Å²) < 4.78 is 10.8. The standard InChI is InChI=1S/C17H19NO3S/c19-15-9-18(8-12-4-6-22-10-12)5-3-14(15)13-1-2-16-17(7-13)21-11-20-16/h1-2,4,6-7,10,14-15,19H,3,5,8-9,11H2/t14-,15+/m0/s1. The molecule has 0 amide bonds. The van der Waals surface area contributed by atoms with Gasteiger partial charge in [0, 0.05) is 19.0 Å². The first-order chi connectivity index (χ1) is 10.8. The van der Waals surface area contributed by atoms with Crippen molar-refractivity contribution < 1.29 is 14.6 Å². The minimum Gasteiger partial charge on any atom is -0.454 e. The Labute approximate surface area is 133 Å². The molecule has 2 aromatic rings. The summed E-state index contributed by atoms with van der Waals surface area (Å²) in [5.74, 6) is 1.77. The third-order valence-electron chi connectivity index (χ3n) is 4.48. The highest BCUT2D eigenvalue weighted by atomic mass is 32.1. The van der Waals surface area contributed by atoms with Gasteiger partial charge in [0.2, 0.25) is 6.79 Å². The van der Waals surface area contributed by atoms with E-state index in [4.69, 9.17) is 9.47 Å². The molecule has 0 saturated carbocycles. The van der Waals surface area contributed by atoms with Crippen LogP contribution in [-0.2, 0) is 6.54 Å². The second-order valence-corrected chi connectivity index (χ2v) is 6.72. The van der Waals surface area contributed by atoms with Crippen molar-refractivity contribution in [2.75, 3.05) is 19.9 Å². The molecule has 2 aliphatic rings. The van der Waals surface area contributed by atoms with Gasteiger partial charge in [-0.2, -0.15) is 11.3 Å². The largest absolute Gasteiger partial charge is 0.454 e. The van der Waals surface area contributed by atoms with Crippen molar-refractivity contribution in [3.8, 4) is 11.5 Å². The zero-order chi connectivity index (χ0) is 14.9. The summed E-state index contributed by atoms with van der Waals surface area (Å²) >= 11 is 1.72. The van der Waals surface area contributed by atoms with Gasteiger partial charge in [-0.1, -0.05) is 6.07 Å². The van der Waals surface area contributed by atoms with E-state index in [1.165, 1.54) is 5.56 Å². The minimum absolute atomic E-state index is 0.174. The fourth-order valence-corrected chi connectivity index (χ4v) is 3.97. The summed E-state index contributed by atoms with van der Waals surface area (Å²) in [6, 6.07) is 8.17. The average molecular weight is 317 g/mol. The Balaban J connectivity index is 1.44.